The Morgan fingerprint density at radius 1 is 1.65 bits per heavy atom. The van der Waals surface area contributed by atoms with Crippen molar-refractivity contribution >= 4 is 10.0 Å². The van der Waals surface area contributed by atoms with Gasteiger partial charge in [0.1, 0.15) is 4.90 Å². The molecule has 0 aromatic carbocycles. The lowest BCUT2D eigenvalue weighted by atomic mass is 10.2. The van der Waals surface area contributed by atoms with Gasteiger partial charge in [-0.3, -0.25) is 4.68 Å². The molecule has 1 fully saturated rings. The topological polar surface area (TPSA) is 73.2 Å². The molecule has 0 amide bonds. The minimum absolute atomic E-state index is 0.00162. The zero-order valence-corrected chi connectivity index (χ0v) is 10.8. The van der Waals surface area contributed by atoms with Crippen molar-refractivity contribution in [1.29, 1.82) is 0 Å². The van der Waals surface area contributed by atoms with Crippen LogP contribution in [0.25, 0.3) is 0 Å². The first-order valence-corrected chi connectivity index (χ1v) is 7.09. The lowest BCUT2D eigenvalue weighted by molar-refractivity contribution is 0.114. The van der Waals surface area contributed by atoms with Crippen molar-refractivity contribution in [2.24, 2.45) is 7.05 Å². The van der Waals surface area contributed by atoms with Crippen molar-refractivity contribution in [1.82, 2.24) is 14.5 Å². The number of sulfonamides is 1. The van der Waals surface area contributed by atoms with Gasteiger partial charge in [0.2, 0.25) is 10.0 Å². The van der Waals surface area contributed by atoms with Crippen LogP contribution in [-0.4, -0.2) is 37.5 Å². The van der Waals surface area contributed by atoms with Gasteiger partial charge in [0.05, 0.1) is 11.8 Å². The maximum absolute atomic E-state index is 12.0. The summed E-state index contributed by atoms with van der Waals surface area (Å²) in [6.07, 6.45) is 3.42. The first kappa shape index (κ1) is 12.5. The Morgan fingerprint density at radius 3 is 2.94 bits per heavy atom. The number of rotatable bonds is 4. The minimum Gasteiger partial charge on any atom is -0.377 e. The van der Waals surface area contributed by atoms with E-state index in [9.17, 15) is 8.42 Å². The van der Waals surface area contributed by atoms with Gasteiger partial charge in [-0.15, -0.1) is 0 Å². The summed E-state index contributed by atoms with van der Waals surface area (Å²) < 4.78 is 33.4. The van der Waals surface area contributed by atoms with Crippen molar-refractivity contribution in [3.63, 3.8) is 0 Å². The molecule has 0 unspecified atom stereocenters. The van der Waals surface area contributed by atoms with Crippen LogP contribution in [0.4, 0.5) is 0 Å². The molecule has 1 saturated heterocycles. The number of ether oxygens (including phenoxy) is 1. The quantitative estimate of drug-likeness (QED) is 0.837. The van der Waals surface area contributed by atoms with E-state index in [1.54, 1.807) is 14.0 Å². The summed E-state index contributed by atoms with van der Waals surface area (Å²) in [6, 6.07) is 0. The van der Waals surface area contributed by atoms with E-state index in [-0.39, 0.29) is 11.0 Å². The molecule has 1 atom stereocenters. The maximum atomic E-state index is 12.0. The summed E-state index contributed by atoms with van der Waals surface area (Å²) in [5, 5.41) is 4.02. The molecule has 0 radical (unpaired) electrons. The van der Waals surface area contributed by atoms with E-state index in [0.717, 1.165) is 19.4 Å². The van der Waals surface area contributed by atoms with Crippen molar-refractivity contribution < 1.29 is 13.2 Å². The smallest absolute Gasteiger partial charge is 0.244 e. The molecular weight excluding hydrogens is 242 g/mol. The van der Waals surface area contributed by atoms with Crippen molar-refractivity contribution in [2.45, 2.75) is 30.8 Å². The largest absolute Gasteiger partial charge is 0.377 e. The van der Waals surface area contributed by atoms with E-state index in [1.165, 1.54) is 10.9 Å². The number of aryl methyl sites for hydroxylation is 2. The van der Waals surface area contributed by atoms with Gasteiger partial charge in [-0.25, -0.2) is 13.1 Å². The van der Waals surface area contributed by atoms with Crippen LogP contribution in [0.15, 0.2) is 11.1 Å². The summed E-state index contributed by atoms with van der Waals surface area (Å²) in [4.78, 5) is 0.234. The van der Waals surface area contributed by atoms with Crippen LogP contribution >= 0.6 is 0 Å². The molecule has 7 heteroatoms. The van der Waals surface area contributed by atoms with Gasteiger partial charge in [-0.2, -0.15) is 5.10 Å². The van der Waals surface area contributed by atoms with Crippen molar-refractivity contribution in [2.75, 3.05) is 13.2 Å². The minimum atomic E-state index is -3.47. The molecule has 0 bridgehead atoms. The highest BCUT2D eigenvalue weighted by Crippen LogP contribution is 2.14. The molecule has 2 heterocycles. The van der Waals surface area contributed by atoms with Gasteiger partial charge in [0.15, 0.2) is 0 Å². The molecule has 1 aliphatic heterocycles. The highest BCUT2D eigenvalue weighted by Gasteiger charge is 2.22. The van der Waals surface area contributed by atoms with Gasteiger partial charge in [0.25, 0.3) is 0 Å². The third-order valence-corrected chi connectivity index (χ3v) is 4.31. The maximum Gasteiger partial charge on any atom is 0.244 e. The third kappa shape index (κ3) is 2.85. The molecule has 96 valence electrons. The molecule has 0 aliphatic carbocycles. The fraction of sp³-hybridized carbons (Fsp3) is 0.700. The number of nitrogens with one attached hydrogen (secondary N) is 1. The first-order valence-electron chi connectivity index (χ1n) is 5.60. The third-order valence-electron chi connectivity index (χ3n) is 2.78. The number of aromatic nitrogens is 2. The standard InChI is InChI=1S/C10H17N3O3S/c1-8-10(7-13(2)12-8)17(14,15)11-6-9-4-3-5-16-9/h7,9,11H,3-6H2,1-2H3/t9-/m0/s1. The summed E-state index contributed by atoms with van der Waals surface area (Å²) in [6.45, 7) is 2.73. The van der Waals surface area contributed by atoms with E-state index in [2.05, 4.69) is 9.82 Å². The van der Waals surface area contributed by atoms with E-state index in [4.69, 9.17) is 4.74 Å². The normalized spacial score (nSPS) is 20.9. The summed E-state index contributed by atoms with van der Waals surface area (Å²) in [5.74, 6) is 0. The van der Waals surface area contributed by atoms with Crippen molar-refractivity contribution in [3.05, 3.63) is 11.9 Å². The second-order valence-corrected chi connectivity index (χ2v) is 5.97. The summed E-state index contributed by atoms with van der Waals surface area (Å²) in [7, 11) is -1.77. The fourth-order valence-corrected chi connectivity index (χ4v) is 3.21. The Morgan fingerprint density at radius 2 is 2.41 bits per heavy atom. The average molecular weight is 259 g/mol. The predicted molar refractivity (Wildman–Crippen MR) is 62.1 cm³/mol. The van der Waals surface area contributed by atoms with Crippen LogP contribution in [0.2, 0.25) is 0 Å². The van der Waals surface area contributed by atoms with E-state index in [0.29, 0.717) is 12.2 Å². The zero-order chi connectivity index (χ0) is 12.5. The van der Waals surface area contributed by atoms with E-state index >= 15 is 0 Å². The van der Waals surface area contributed by atoms with Gasteiger partial charge < -0.3 is 4.74 Å². The predicted octanol–water partition coefficient (Wildman–Crippen LogP) is 0.186. The molecule has 0 spiro atoms. The number of nitrogens with zero attached hydrogens (tertiary/aromatic N) is 2. The van der Waals surface area contributed by atoms with Crippen LogP contribution in [0.1, 0.15) is 18.5 Å². The molecule has 1 aromatic rings. The number of hydrogen-bond acceptors (Lipinski definition) is 4. The van der Waals surface area contributed by atoms with E-state index in [1.807, 2.05) is 0 Å². The monoisotopic (exact) mass is 259 g/mol. The van der Waals surface area contributed by atoms with Crippen LogP contribution in [0.5, 0.6) is 0 Å². The molecule has 1 aromatic heterocycles. The van der Waals surface area contributed by atoms with Gasteiger partial charge in [-0.1, -0.05) is 0 Å². The molecule has 1 aliphatic rings. The van der Waals surface area contributed by atoms with Gasteiger partial charge >= 0.3 is 0 Å². The Balaban J connectivity index is 2.05. The molecule has 2 rings (SSSR count). The lowest BCUT2D eigenvalue weighted by Gasteiger charge is -2.10. The van der Waals surface area contributed by atoms with Gasteiger partial charge in [-0.05, 0) is 19.8 Å². The molecule has 1 N–H and O–H groups in total. The summed E-state index contributed by atoms with van der Waals surface area (Å²) >= 11 is 0. The SMILES string of the molecule is Cc1nn(C)cc1S(=O)(=O)NC[C@@H]1CCCO1. The lowest BCUT2D eigenvalue weighted by Crippen LogP contribution is -2.32. The zero-order valence-electron chi connectivity index (χ0n) is 10.0. The summed E-state index contributed by atoms with van der Waals surface area (Å²) in [5.41, 5.74) is 0.507. The number of hydrogen-bond donors (Lipinski definition) is 1. The van der Waals surface area contributed by atoms with Crippen LogP contribution in [0, 0.1) is 6.92 Å². The Kier molecular flexibility index (Phi) is 3.50. The molecule has 17 heavy (non-hydrogen) atoms. The Labute approximate surface area is 101 Å². The van der Waals surface area contributed by atoms with Crippen LogP contribution in [0.3, 0.4) is 0 Å². The fourth-order valence-electron chi connectivity index (χ4n) is 1.93. The second kappa shape index (κ2) is 4.75. The average Bonchev–Trinajstić information content (AvgIpc) is 2.85. The van der Waals surface area contributed by atoms with Gasteiger partial charge in [0, 0.05) is 26.4 Å². The Hall–Kier alpha value is -0.920. The Bertz CT molecular complexity index is 489. The first-order chi connectivity index (χ1) is 7.99. The molecule has 0 saturated carbocycles. The molecular formula is C10H17N3O3S. The second-order valence-electron chi connectivity index (χ2n) is 4.24. The van der Waals surface area contributed by atoms with E-state index < -0.39 is 10.0 Å². The highest BCUT2D eigenvalue weighted by atomic mass is 32.2. The highest BCUT2D eigenvalue weighted by molar-refractivity contribution is 7.89. The van der Waals surface area contributed by atoms with Crippen molar-refractivity contribution in [3.8, 4) is 0 Å². The molecule has 6 nitrogen and oxygen atoms in total. The van der Waals surface area contributed by atoms with Crippen LogP contribution < -0.4 is 4.72 Å². The van der Waals surface area contributed by atoms with Crippen LogP contribution in [-0.2, 0) is 21.8 Å².